The van der Waals surface area contributed by atoms with Gasteiger partial charge in [-0.1, -0.05) is 0 Å². The van der Waals surface area contributed by atoms with Crippen molar-refractivity contribution in [1.29, 1.82) is 0 Å². The number of likely N-dealkylation sites (tertiary alicyclic amines) is 1. The van der Waals surface area contributed by atoms with Crippen LogP contribution in [0.2, 0.25) is 0 Å². The molecule has 41 heavy (non-hydrogen) atoms. The number of hydrogen-bond acceptors (Lipinski definition) is 8. The number of piperidine rings is 1. The van der Waals surface area contributed by atoms with Gasteiger partial charge in [0.25, 0.3) is 11.8 Å². The molecule has 0 bridgehead atoms. The van der Waals surface area contributed by atoms with E-state index < -0.39 is 24.2 Å². The molecule has 1 spiro atoms. The van der Waals surface area contributed by atoms with Crippen molar-refractivity contribution in [2.45, 2.75) is 58.5 Å². The second-order valence-corrected chi connectivity index (χ2v) is 11.4. The largest absolute Gasteiger partial charge is 0.434 e. The Hall–Kier alpha value is -3.48. The molecule has 222 valence electrons. The molecular formula is C28H36F3N7O3. The number of carbonyl (C=O) groups is 2. The number of benzene rings is 1. The van der Waals surface area contributed by atoms with Crippen molar-refractivity contribution in [1.82, 2.24) is 30.3 Å². The van der Waals surface area contributed by atoms with Crippen LogP contribution < -0.4 is 15.0 Å². The van der Waals surface area contributed by atoms with E-state index in [2.05, 4.69) is 20.5 Å². The van der Waals surface area contributed by atoms with Crippen LogP contribution >= 0.6 is 0 Å². The normalized spacial score (nSPS) is 21.9. The highest BCUT2D eigenvalue weighted by molar-refractivity contribution is 5.97. The maximum atomic E-state index is 14.2. The summed E-state index contributed by atoms with van der Waals surface area (Å²) in [5, 5.41) is 10.9. The molecule has 0 radical (unpaired) electrons. The predicted molar refractivity (Wildman–Crippen MR) is 145 cm³/mol. The van der Waals surface area contributed by atoms with Crippen LogP contribution in [-0.2, 0) is 4.79 Å². The monoisotopic (exact) mass is 575 g/mol. The predicted octanol–water partition coefficient (Wildman–Crippen LogP) is 3.35. The van der Waals surface area contributed by atoms with Gasteiger partial charge in [0.05, 0.1) is 11.6 Å². The van der Waals surface area contributed by atoms with Gasteiger partial charge in [-0.15, -0.1) is 10.2 Å². The molecule has 2 atom stereocenters. The third kappa shape index (κ3) is 5.81. The molecule has 3 saturated heterocycles. The lowest BCUT2D eigenvalue weighted by molar-refractivity contribution is -0.138. The molecule has 0 aliphatic carbocycles. The van der Waals surface area contributed by atoms with Crippen molar-refractivity contribution in [2.24, 2.45) is 11.3 Å². The van der Waals surface area contributed by atoms with Crippen molar-refractivity contribution in [3.63, 3.8) is 0 Å². The molecule has 10 nitrogen and oxygen atoms in total. The topological polar surface area (TPSA) is 104 Å². The minimum Gasteiger partial charge on any atom is -0.434 e. The molecule has 13 heteroatoms. The van der Waals surface area contributed by atoms with Gasteiger partial charge in [-0.2, -0.15) is 0 Å². The van der Waals surface area contributed by atoms with Gasteiger partial charge in [-0.25, -0.2) is 18.2 Å². The maximum Gasteiger partial charge on any atom is 0.282 e. The Kier molecular flexibility index (Phi) is 8.35. The zero-order valence-electron chi connectivity index (χ0n) is 23.5. The summed E-state index contributed by atoms with van der Waals surface area (Å²) in [6.07, 6.45) is 0.596. The molecule has 2 aromatic rings. The average Bonchev–Trinajstić information content (AvgIpc) is 3.43. The Morgan fingerprint density at radius 1 is 1.22 bits per heavy atom. The number of alkyl halides is 2. The fourth-order valence-corrected chi connectivity index (χ4v) is 6.20. The molecule has 3 fully saturated rings. The molecule has 1 N–H and O–H groups in total. The van der Waals surface area contributed by atoms with E-state index in [-0.39, 0.29) is 40.5 Å². The summed E-state index contributed by atoms with van der Waals surface area (Å²) in [5.41, 5.74) is 0.0419. The molecule has 0 unspecified atom stereocenters. The van der Waals surface area contributed by atoms with Crippen LogP contribution in [0.3, 0.4) is 0 Å². The number of nitrogens with zero attached hydrogens (tertiary/aromatic N) is 6. The highest BCUT2D eigenvalue weighted by atomic mass is 19.3. The Labute approximate surface area is 237 Å². The highest BCUT2D eigenvalue weighted by Gasteiger charge is 2.48. The van der Waals surface area contributed by atoms with Gasteiger partial charge in [0, 0.05) is 50.1 Å². The quantitative estimate of drug-likeness (QED) is 0.511. The lowest BCUT2D eigenvalue weighted by atomic mass is 9.72. The Morgan fingerprint density at radius 3 is 2.61 bits per heavy atom. The third-order valence-corrected chi connectivity index (χ3v) is 8.52. The van der Waals surface area contributed by atoms with E-state index in [1.165, 1.54) is 18.5 Å². The first kappa shape index (κ1) is 29.0. The molecule has 3 aliphatic heterocycles. The molecule has 5 rings (SSSR count). The molecule has 4 heterocycles. The first-order valence-electron chi connectivity index (χ1n) is 14.1. The van der Waals surface area contributed by atoms with Gasteiger partial charge < -0.3 is 24.8 Å². The molecule has 1 aromatic heterocycles. The van der Waals surface area contributed by atoms with E-state index >= 15 is 0 Å². The number of ether oxygens (including phenoxy) is 1. The average molecular weight is 576 g/mol. The Balaban J connectivity index is 1.25. The number of aromatic nitrogens is 3. The van der Waals surface area contributed by atoms with Gasteiger partial charge >= 0.3 is 0 Å². The van der Waals surface area contributed by atoms with Crippen LogP contribution in [0, 0.1) is 17.2 Å². The number of halogens is 3. The molecule has 0 saturated carbocycles. The van der Waals surface area contributed by atoms with Gasteiger partial charge in [0.2, 0.25) is 12.3 Å². The van der Waals surface area contributed by atoms with Crippen LogP contribution in [0.5, 0.6) is 11.6 Å². The SMILES string of the molecule is CCN(C(=O)c1cc(F)ccc1Oc1nncnc1N1CC2(CCN(C(=O)[C@@H]3NCC[C@H]3C(F)F)CC2)C1)C(C)C. The van der Waals surface area contributed by atoms with Crippen molar-refractivity contribution < 1.29 is 27.5 Å². The van der Waals surface area contributed by atoms with Gasteiger partial charge in [-0.05, 0) is 64.8 Å². The molecule has 2 amide bonds. The van der Waals surface area contributed by atoms with E-state index in [0.29, 0.717) is 51.5 Å². The van der Waals surface area contributed by atoms with E-state index in [4.69, 9.17) is 4.74 Å². The number of carbonyl (C=O) groups excluding carboxylic acids is 2. The van der Waals surface area contributed by atoms with Crippen LogP contribution in [0.1, 0.15) is 50.4 Å². The summed E-state index contributed by atoms with van der Waals surface area (Å²) >= 11 is 0. The smallest absolute Gasteiger partial charge is 0.282 e. The minimum atomic E-state index is -2.52. The lowest BCUT2D eigenvalue weighted by Gasteiger charge is -2.54. The summed E-state index contributed by atoms with van der Waals surface area (Å²) in [7, 11) is 0. The zero-order valence-corrected chi connectivity index (χ0v) is 23.5. The second-order valence-electron chi connectivity index (χ2n) is 11.4. The summed E-state index contributed by atoms with van der Waals surface area (Å²) in [6, 6.07) is 2.87. The van der Waals surface area contributed by atoms with Crippen LogP contribution in [-0.4, -0.2) is 94.6 Å². The number of amides is 2. The first-order chi connectivity index (χ1) is 19.6. The van der Waals surface area contributed by atoms with Crippen molar-refractivity contribution >= 4 is 17.6 Å². The van der Waals surface area contributed by atoms with Crippen LogP contribution in [0.25, 0.3) is 0 Å². The summed E-state index contributed by atoms with van der Waals surface area (Å²) < 4.78 is 46.9. The van der Waals surface area contributed by atoms with E-state index in [1.807, 2.05) is 25.7 Å². The fraction of sp³-hybridized carbons (Fsp3) is 0.607. The number of hydrogen-bond donors (Lipinski definition) is 1. The van der Waals surface area contributed by atoms with Crippen molar-refractivity contribution in [3.8, 4) is 11.6 Å². The van der Waals surface area contributed by atoms with Crippen LogP contribution in [0.4, 0.5) is 19.0 Å². The maximum absolute atomic E-state index is 14.2. The lowest BCUT2D eigenvalue weighted by Crippen LogP contribution is -2.62. The fourth-order valence-electron chi connectivity index (χ4n) is 6.20. The number of nitrogens with one attached hydrogen (secondary N) is 1. The van der Waals surface area contributed by atoms with E-state index in [9.17, 15) is 22.8 Å². The molecule has 3 aliphatic rings. The second kappa shape index (κ2) is 11.8. The van der Waals surface area contributed by atoms with Crippen molar-refractivity contribution in [3.05, 3.63) is 35.9 Å². The minimum absolute atomic E-state index is 0.0416. The van der Waals surface area contributed by atoms with Gasteiger partial charge in [0.15, 0.2) is 5.82 Å². The summed E-state index contributed by atoms with van der Waals surface area (Å²) in [6.45, 7) is 8.83. The molecule has 1 aromatic carbocycles. The Bertz CT molecular complexity index is 1260. The number of rotatable bonds is 8. The summed E-state index contributed by atoms with van der Waals surface area (Å²) in [4.78, 5) is 35.9. The van der Waals surface area contributed by atoms with Gasteiger partial charge in [-0.3, -0.25) is 9.59 Å². The standard InChI is InChI=1S/C28H36F3N7O3/c1-4-38(17(2)3)26(39)20-13-18(29)5-6-21(20)41-25-24(33-16-34-35-25)37-14-28(15-37)8-11-36(12-9-28)27(40)22-19(23(30)31)7-10-32-22/h5-6,13,16-17,19,22-23,32H,4,7-12,14-15H2,1-3H3/t19-,22-/m1/s1. The van der Waals surface area contributed by atoms with Crippen molar-refractivity contribution in [2.75, 3.05) is 44.2 Å². The van der Waals surface area contributed by atoms with E-state index in [1.54, 1.807) is 9.80 Å². The Morgan fingerprint density at radius 2 is 1.95 bits per heavy atom. The zero-order chi connectivity index (χ0) is 29.3. The number of anilines is 1. The summed E-state index contributed by atoms with van der Waals surface area (Å²) in [5.74, 6) is -1.37. The van der Waals surface area contributed by atoms with Gasteiger partial charge in [0.1, 0.15) is 17.9 Å². The third-order valence-electron chi connectivity index (χ3n) is 8.52. The molecular weight excluding hydrogens is 539 g/mol. The first-order valence-corrected chi connectivity index (χ1v) is 14.1. The highest BCUT2D eigenvalue weighted by Crippen LogP contribution is 2.44. The van der Waals surface area contributed by atoms with E-state index in [0.717, 1.165) is 18.9 Å². The van der Waals surface area contributed by atoms with Crippen LogP contribution in [0.15, 0.2) is 24.5 Å².